The molecule has 0 fully saturated rings. The molecule has 0 heterocycles. The molecule has 0 aliphatic rings. The van der Waals surface area contributed by atoms with Crippen LogP contribution in [0.1, 0.15) is 13.8 Å². The largest absolute Gasteiger partial charge is 1.00 e. The van der Waals surface area contributed by atoms with Gasteiger partial charge >= 0.3 is 64.1 Å². The van der Waals surface area contributed by atoms with E-state index in [1.165, 1.54) is 6.92 Å². The molecule has 0 saturated heterocycles. The normalized spacial score (nSPS) is 10.3. The zero-order valence-electron chi connectivity index (χ0n) is 6.97. The van der Waals surface area contributed by atoms with Gasteiger partial charge in [-0.3, -0.25) is 0 Å². The third kappa shape index (κ3) is 5.74. The Bertz CT molecular complexity index is 193. The number of rotatable bonds is 3. The molecule has 0 atom stereocenters. The topological polar surface area (TPSA) is 30.7 Å². The van der Waals surface area contributed by atoms with Crippen molar-refractivity contribution >= 4 is 6.29 Å². The average Bonchev–Trinajstić information content (AvgIpc) is 1.99. The van der Waals surface area contributed by atoms with Gasteiger partial charge in [0.2, 0.25) is 0 Å². The molecule has 0 aromatic carbocycles. The van der Waals surface area contributed by atoms with E-state index in [0.717, 1.165) is 0 Å². The molecule has 3 nitrogen and oxygen atoms in total. The van der Waals surface area contributed by atoms with E-state index in [1.807, 2.05) is 0 Å². The van der Waals surface area contributed by atoms with E-state index in [4.69, 9.17) is 11.3 Å². The van der Waals surface area contributed by atoms with E-state index in [9.17, 15) is 4.79 Å². The smallest absolute Gasteiger partial charge is 0.518 e. The maximum absolute atomic E-state index is 9.97. The Morgan fingerprint density at radius 1 is 1.73 bits per heavy atom. The molecule has 0 radical (unpaired) electrons. The zero-order valence-corrected chi connectivity index (χ0v) is 11.9. The van der Waals surface area contributed by atoms with Gasteiger partial charge in [-0.05, 0) is 13.2 Å². The van der Waals surface area contributed by atoms with E-state index >= 15 is 0 Å². The summed E-state index contributed by atoms with van der Waals surface area (Å²) in [7, 11) is 0. The number of hydrogen-bond donors (Lipinski definition) is 0. The Morgan fingerprint density at radius 3 is 2.55 bits per heavy atom. The molecule has 0 N–H and O–H groups in total. The van der Waals surface area contributed by atoms with Gasteiger partial charge in [0.15, 0.2) is 0 Å². The minimum Gasteiger partial charge on any atom is -0.518 e. The molecule has 0 bridgehead atoms. The maximum Gasteiger partial charge on any atom is 1.00 e. The van der Waals surface area contributed by atoms with Crippen LogP contribution in [-0.2, 0) is 9.53 Å². The van der Waals surface area contributed by atoms with Crippen molar-refractivity contribution in [3.05, 3.63) is 22.9 Å². The Morgan fingerprint density at radius 2 is 2.27 bits per heavy atom. The van der Waals surface area contributed by atoms with Gasteiger partial charge in [0.1, 0.15) is 0 Å². The summed E-state index contributed by atoms with van der Waals surface area (Å²) in [5.74, 6) is 0.0394. The third-order valence-electron chi connectivity index (χ3n) is 0.856. The van der Waals surface area contributed by atoms with Crippen LogP contribution in [0.2, 0.25) is 0 Å². The van der Waals surface area contributed by atoms with Crippen LogP contribution in [0, 0.1) is 6.57 Å². The summed E-state index contributed by atoms with van der Waals surface area (Å²) in [4.78, 5) is 13.0. The molecule has 0 spiro atoms. The standard InChI is InChI=1S/C7H8NO2.Rb/c1-4-10-7(8-3)6(2)5-9;/h4H2,1-2H3;/q-1;+1/b7-6+;. The summed E-state index contributed by atoms with van der Waals surface area (Å²) in [6.45, 7) is 10.2. The monoisotopic (exact) mass is 223 g/mol. The third-order valence-corrected chi connectivity index (χ3v) is 0.856. The Labute approximate surface area is 115 Å². The van der Waals surface area contributed by atoms with Crippen LogP contribution in [0.5, 0.6) is 0 Å². The molecule has 54 valence electrons. The van der Waals surface area contributed by atoms with Gasteiger partial charge < -0.3 is 9.53 Å². The molecule has 11 heavy (non-hydrogen) atoms. The zero-order chi connectivity index (χ0) is 7.98. The van der Waals surface area contributed by atoms with Crippen molar-refractivity contribution in [2.45, 2.75) is 13.8 Å². The van der Waals surface area contributed by atoms with E-state index < -0.39 is 0 Å². The van der Waals surface area contributed by atoms with Gasteiger partial charge in [-0.15, -0.1) is 0 Å². The molecular weight excluding hydrogens is 216 g/mol. The molecule has 0 aliphatic heterocycles. The summed E-state index contributed by atoms with van der Waals surface area (Å²) in [6.07, 6.45) is 1.59. The maximum atomic E-state index is 9.97. The van der Waals surface area contributed by atoms with Crippen LogP contribution in [-0.4, -0.2) is 12.9 Å². The molecule has 0 aliphatic carbocycles. The second-order valence-electron chi connectivity index (χ2n) is 1.58. The minimum absolute atomic E-state index is 0. The van der Waals surface area contributed by atoms with Crippen LogP contribution >= 0.6 is 0 Å². The van der Waals surface area contributed by atoms with E-state index in [1.54, 1.807) is 13.2 Å². The van der Waals surface area contributed by atoms with Gasteiger partial charge in [-0.25, -0.2) is 0 Å². The predicted octanol–water partition coefficient (Wildman–Crippen LogP) is -1.71. The second kappa shape index (κ2) is 8.60. The molecule has 0 saturated carbocycles. The Balaban J connectivity index is 0. The number of allylic oxidation sites excluding steroid dienone is 1. The second-order valence-corrected chi connectivity index (χ2v) is 1.58. The molecule has 0 aromatic rings. The van der Waals surface area contributed by atoms with Crippen molar-refractivity contribution in [2.75, 3.05) is 6.61 Å². The van der Waals surface area contributed by atoms with Crippen molar-refractivity contribution in [3.63, 3.8) is 0 Å². The van der Waals surface area contributed by atoms with Crippen molar-refractivity contribution in [3.8, 4) is 0 Å². The molecule has 0 unspecified atom stereocenters. The average molecular weight is 224 g/mol. The molecule has 0 rings (SSSR count). The van der Waals surface area contributed by atoms with Crippen LogP contribution in [0.15, 0.2) is 11.5 Å². The first-order chi connectivity index (χ1) is 4.76. The first-order valence-electron chi connectivity index (χ1n) is 2.85. The summed E-state index contributed by atoms with van der Waals surface area (Å²) < 4.78 is 4.81. The summed E-state index contributed by atoms with van der Waals surface area (Å²) in [5, 5.41) is 0. The predicted molar refractivity (Wildman–Crippen MR) is 36.6 cm³/mol. The first kappa shape index (κ1) is 14.1. The van der Waals surface area contributed by atoms with Crippen LogP contribution < -0.4 is 58.2 Å². The van der Waals surface area contributed by atoms with Crippen LogP contribution in [0.4, 0.5) is 0 Å². The Hall–Kier alpha value is 0.505. The van der Waals surface area contributed by atoms with Gasteiger partial charge in [-0.2, -0.15) is 4.85 Å². The molecule has 0 aromatic heterocycles. The van der Waals surface area contributed by atoms with E-state index in [-0.39, 0.29) is 69.6 Å². The fraction of sp³-hybridized carbons (Fsp3) is 0.429. The van der Waals surface area contributed by atoms with Gasteiger partial charge in [0, 0.05) is 0 Å². The SMILES string of the molecule is [C-]#[N+]/C(OCC)=C(/C)[C-]=O.[Rb+]. The van der Waals surface area contributed by atoms with Crippen molar-refractivity contribution < 1.29 is 67.7 Å². The minimum atomic E-state index is 0. The molecule has 0 amide bonds. The van der Waals surface area contributed by atoms with E-state index in [0.29, 0.717) is 6.61 Å². The molecule has 4 heteroatoms. The van der Waals surface area contributed by atoms with Gasteiger partial charge in [0.25, 0.3) is 0 Å². The number of carbonyl (C=O) groups excluding carboxylic acids is 1. The van der Waals surface area contributed by atoms with Crippen molar-refractivity contribution in [1.29, 1.82) is 0 Å². The van der Waals surface area contributed by atoms with E-state index in [2.05, 4.69) is 4.85 Å². The van der Waals surface area contributed by atoms with Crippen molar-refractivity contribution in [1.82, 2.24) is 0 Å². The van der Waals surface area contributed by atoms with Crippen LogP contribution in [0.3, 0.4) is 0 Å². The van der Waals surface area contributed by atoms with Crippen molar-refractivity contribution in [2.24, 2.45) is 0 Å². The summed E-state index contributed by atoms with van der Waals surface area (Å²) in [6, 6.07) is 0. The fourth-order valence-corrected chi connectivity index (χ4v) is 0.405. The van der Waals surface area contributed by atoms with Crippen LogP contribution in [0.25, 0.3) is 4.85 Å². The fourth-order valence-electron chi connectivity index (χ4n) is 0.405. The summed E-state index contributed by atoms with van der Waals surface area (Å²) >= 11 is 0. The number of ether oxygens (including phenoxy) is 1. The first-order valence-corrected chi connectivity index (χ1v) is 2.85. The summed E-state index contributed by atoms with van der Waals surface area (Å²) in [5.41, 5.74) is 0.219. The quantitative estimate of drug-likeness (QED) is 0.324. The Kier molecular flexibility index (Phi) is 11.0. The van der Waals surface area contributed by atoms with Gasteiger partial charge in [-0.1, -0.05) is 12.5 Å². The van der Waals surface area contributed by atoms with Gasteiger partial charge in [0.05, 0.1) is 13.2 Å². The molecular formula is C7H8NO2Rb. The number of nitrogens with zero attached hydrogens (tertiary/aromatic N) is 1. The number of hydrogen-bond acceptors (Lipinski definition) is 2.